The van der Waals surface area contributed by atoms with Crippen LogP contribution in [0.15, 0.2) is 35.2 Å². The van der Waals surface area contributed by atoms with Gasteiger partial charge in [-0.3, -0.25) is 4.79 Å². The molecule has 0 unspecified atom stereocenters. The summed E-state index contributed by atoms with van der Waals surface area (Å²) >= 11 is 1.58. The van der Waals surface area contributed by atoms with E-state index in [-0.39, 0.29) is 5.91 Å². The van der Waals surface area contributed by atoms with E-state index in [1.807, 2.05) is 53.9 Å². The van der Waals surface area contributed by atoms with E-state index in [0.29, 0.717) is 6.54 Å². The molecule has 0 aliphatic rings. The predicted octanol–water partition coefficient (Wildman–Crippen LogP) is 3.24. The van der Waals surface area contributed by atoms with Gasteiger partial charge in [-0.1, -0.05) is 6.07 Å². The van der Waals surface area contributed by atoms with Crippen molar-refractivity contribution in [1.29, 1.82) is 0 Å². The molecule has 0 aliphatic heterocycles. The molecule has 0 saturated heterocycles. The summed E-state index contributed by atoms with van der Waals surface area (Å²) in [7, 11) is 0. The lowest BCUT2D eigenvalue weighted by atomic mass is 10.1. The molecule has 1 aromatic heterocycles. The summed E-state index contributed by atoms with van der Waals surface area (Å²) in [6.45, 7) is 6.11. The zero-order valence-corrected chi connectivity index (χ0v) is 12.6. The molecule has 0 bridgehead atoms. The van der Waals surface area contributed by atoms with Crippen LogP contribution in [0.2, 0.25) is 0 Å². The highest BCUT2D eigenvalue weighted by Crippen LogP contribution is 2.14. The zero-order chi connectivity index (χ0) is 14.4. The second kappa shape index (κ2) is 7.05. The van der Waals surface area contributed by atoms with Crippen LogP contribution >= 0.6 is 11.3 Å². The fraction of sp³-hybridized carbons (Fsp3) is 0.333. The van der Waals surface area contributed by atoms with Crippen LogP contribution in [0.1, 0.15) is 29.9 Å². The van der Waals surface area contributed by atoms with Gasteiger partial charge in [0.2, 0.25) is 0 Å². The number of nitrogens with one attached hydrogen (secondary N) is 1. The van der Waals surface area contributed by atoms with Gasteiger partial charge in [-0.2, -0.15) is 0 Å². The van der Waals surface area contributed by atoms with Gasteiger partial charge in [0.05, 0.1) is 17.7 Å². The van der Waals surface area contributed by atoms with Crippen molar-refractivity contribution in [3.05, 3.63) is 46.4 Å². The first-order valence-corrected chi connectivity index (χ1v) is 7.69. The van der Waals surface area contributed by atoms with Gasteiger partial charge < -0.3 is 10.2 Å². The maximum atomic E-state index is 12.3. The van der Waals surface area contributed by atoms with Crippen molar-refractivity contribution >= 4 is 22.9 Å². The van der Waals surface area contributed by atoms with Gasteiger partial charge in [0.1, 0.15) is 0 Å². The van der Waals surface area contributed by atoms with Crippen molar-refractivity contribution in [2.24, 2.45) is 0 Å². The predicted molar refractivity (Wildman–Crippen MR) is 83.1 cm³/mol. The van der Waals surface area contributed by atoms with Crippen LogP contribution in [0.3, 0.4) is 0 Å². The first-order valence-electron chi connectivity index (χ1n) is 6.74. The fourth-order valence-electron chi connectivity index (χ4n) is 1.97. The topological polar surface area (TPSA) is 45.2 Å². The second-order valence-electron chi connectivity index (χ2n) is 4.39. The third kappa shape index (κ3) is 3.57. The van der Waals surface area contributed by atoms with Crippen LogP contribution < -0.4 is 5.32 Å². The summed E-state index contributed by atoms with van der Waals surface area (Å²) in [5, 5.41) is 5.30. The number of hydrogen-bond donors (Lipinski definition) is 1. The molecule has 0 fully saturated rings. The zero-order valence-electron chi connectivity index (χ0n) is 11.8. The minimum absolute atomic E-state index is 0.0762. The minimum Gasteiger partial charge on any atom is -0.379 e. The van der Waals surface area contributed by atoms with Crippen molar-refractivity contribution < 1.29 is 4.79 Å². The molecule has 0 radical (unpaired) electrons. The molecule has 1 N–H and O–H groups in total. The number of amides is 1. The smallest absolute Gasteiger partial charge is 0.253 e. The number of rotatable bonds is 6. The number of aromatic nitrogens is 1. The van der Waals surface area contributed by atoms with E-state index in [4.69, 9.17) is 0 Å². The molecule has 1 heterocycles. The van der Waals surface area contributed by atoms with E-state index >= 15 is 0 Å². The number of hydrogen-bond acceptors (Lipinski definition) is 4. The molecule has 2 aromatic rings. The first-order chi connectivity index (χ1) is 9.74. The van der Waals surface area contributed by atoms with Gasteiger partial charge in [-0.25, -0.2) is 4.98 Å². The number of carbonyl (C=O) groups is 1. The van der Waals surface area contributed by atoms with Gasteiger partial charge in [-0.15, -0.1) is 11.3 Å². The van der Waals surface area contributed by atoms with Crippen LogP contribution in [0, 0.1) is 0 Å². The molecule has 2 rings (SSSR count). The van der Waals surface area contributed by atoms with Crippen LogP contribution in [0.25, 0.3) is 0 Å². The Bertz CT molecular complexity index is 550. The summed E-state index contributed by atoms with van der Waals surface area (Å²) in [5.74, 6) is 0.0762. The maximum Gasteiger partial charge on any atom is 0.253 e. The van der Waals surface area contributed by atoms with E-state index in [1.54, 1.807) is 11.3 Å². The average Bonchev–Trinajstić information content (AvgIpc) is 3.00. The summed E-state index contributed by atoms with van der Waals surface area (Å²) in [4.78, 5) is 18.3. The van der Waals surface area contributed by atoms with Crippen LogP contribution in [-0.4, -0.2) is 28.9 Å². The molecule has 5 heteroatoms. The number of nitrogens with zero attached hydrogens (tertiary/aromatic N) is 2. The summed E-state index contributed by atoms with van der Waals surface area (Å²) in [6.07, 6.45) is 0. The molecular weight excluding hydrogens is 270 g/mol. The van der Waals surface area contributed by atoms with Crippen molar-refractivity contribution in [3.63, 3.8) is 0 Å². The lowest BCUT2D eigenvalue weighted by Gasteiger charge is -2.19. The fourth-order valence-corrected chi connectivity index (χ4v) is 2.53. The Hall–Kier alpha value is -1.88. The molecule has 20 heavy (non-hydrogen) atoms. The molecule has 1 aromatic carbocycles. The molecule has 4 nitrogen and oxygen atoms in total. The Labute approximate surface area is 123 Å². The van der Waals surface area contributed by atoms with Gasteiger partial charge in [-0.05, 0) is 32.0 Å². The molecule has 0 atom stereocenters. The maximum absolute atomic E-state index is 12.3. The SMILES string of the molecule is CCN(CC)C(=O)c1cccc(NCc2cscn2)c1. The summed E-state index contributed by atoms with van der Waals surface area (Å²) in [6, 6.07) is 7.62. The molecule has 0 aliphatic carbocycles. The second-order valence-corrected chi connectivity index (χ2v) is 5.11. The number of thiazole rings is 1. The molecule has 0 spiro atoms. The van der Waals surface area contributed by atoms with Crippen molar-refractivity contribution in [3.8, 4) is 0 Å². The molecular formula is C15H19N3OS. The highest BCUT2D eigenvalue weighted by atomic mass is 32.1. The Balaban J connectivity index is 2.05. The summed E-state index contributed by atoms with van der Waals surface area (Å²) < 4.78 is 0. The Kier molecular flexibility index (Phi) is 5.12. The largest absolute Gasteiger partial charge is 0.379 e. The van der Waals surface area contributed by atoms with Gasteiger partial charge in [0, 0.05) is 29.7 Å². The molecule has 106 valence electrons. The number of carbonyl (C=O) groups excluding carboxylic acids is 1. The summed E-state index contributed by atoms with van der Waals surface area (Å²) in [5.41, 5.74) is 4.49. The Morgan fingerprint density at radius 2 is 2.15 bits per heavy atom. The standard InChI is InChI=1S/C15H19N3OS/c1-3-18(4-2)15(19)12-6-5-7-13(8-12)16-9-14-10-20-11-17-14/h5-8,10-11,16H,3-4,9H2,1-2H3. The molecule has 1 amide bonds. The van der Waals surface area contributed by atoms with E-state index in [2.05, 4.69) is 10.3 Å². The van der Waals surface area contributed by atoms with Crippen molar-refractivity contribution in [1.82, 2.24) is 9.88 Å². The number of benzene rings is 1. The van der Waals surface area contributed by atoms with E-state index in [9.17, 15) is 4.79 Å². The van der Waals surface area contributed by atoms with E-state index < -0.39 is 0 Å². The molecule has 0 saturated carbocycles. The van der Waals surface area contributed by atoms with E-state index in [1.165, 1.54) is 0 Å². The quantitative estimate of drug-likeness (QED) is 0.888. The first kappa shape index (κ1) is 14.5. The number of anilines is 1. The average molecular weight is 289 g/mol. The van der Waals surface area contributed by atoms with Crippen molar-refractivity contribution in [2.75, 3.05) is 18.4 Å². The highest BCUT2D eigenvalue weighted by molar-refractivity contribution is 7.07. The normalized spacial score (nSPS) is 10.3. The van der Waals surface area contributed by atoms with Crippen LogP contribution in [0.4, 0.5) is 5.69 Å². The Morgan fingerprint density at radius 1 is 1.35 bits per heavy atom. The third-order valence-corrected chi connectivity index (χ3v) is 3.75. The van der Waals surface area contributed by atoms with E-state index in [0.717, 1.165) is 30.0 Å². The van der Waals surface area contributed by atoms with Crippen LogP contribution in [-0.2, 0) is 6.54 Å². The lowest BCUT2D eigenvalue weighted by Crippen LogP contribution is -2.30. The lowest BCUT2D eigenvalue weighted by molar-refractivity contribution is 0.0773. The minimum atomic E-state index is 0.0762. The van der Waals surface area contributed by atoms with Crippen LogP contribution in [0.5, 0.6) is 0 Å². The monoisotopic (exact) mass is 289 g/mol. The van der Waals surface area contributed by atoms with Gasteiger partial charge in [0.25, 0.3) is 5.91 Å². The highest BCUT2D eigenvalue weighted by Gasteiger charge is 2.12. The van der Waals surface area contributed by atoms with Gasteiger partial charge >= 0.3 is 0 Å². The Morgan fingerprint density at radius 3 is 2.80 bits per heavy atom. The van der Waals surface area contributed by atoms with Gasteiger partial charge in [0.15, 0.2) is 0 Å². The van der Waals surface area contributed by atoms with Crippen molar-refractivity contribution in [2.45, 2.75) is 20.4 Å². The third-order valence-electron chi connectivity index (χ3n) is 3.12.